The van der Waals surface area contributed by atoms with E-state index >= 15 is 0 Å². The van der Waals surface area contributed by atoms with Crippen molar-refractivity contribution in [1.82, 2.24) is 35.0 Å². The van der Waals surface area contributed by atoms with Gasteiger partial charge in [0.15, 0.2) is 5.65 Å². The number of imide groups is 1. The highest BCUT2D eigenvalue weighted by atomic mass is 16.2. The van der Waals surface area contributed by atoms with E-state index in [0.717, 1.165) is 48.1 Å². The molecule has 14 heteroatoms. The van der Waals surface area contributed by atoms with Gasteiger partial charge in [-0.05, 0) is 55.5 Å². The number of nitrogens with zero attached hydrogens (tertiary/aromatic N) is 6. The Morgan fingerprint density at radius 3 is 2.67 bits per heavy atom. The Balaban J connectivity index is 0.879. The molecule has 7 rings (SSSR count). The third-order valence-electron chi connectivity index (χ3n) is 10.3. The number of fused-ring (bicyclic) bond motifs is 2. The summed E-state index contributed by atoms with van der Waals surface area (Å²) in [6.07, 6.45) is 6.09. The molecule has 0 saturated carbocycles. The SMILES string of the molecule is Cn1nc(C2CCC(=O)NC2=O)c2ccc(NC(=O)CCCCCNC(=O)c3nc4c(CN)cc(N5CC[C@](C)(c6ccccc6)C5)cn4n3)cc21. The van der Waals surface area contributed by atoms with E-state index in [-0.39, 0.29) is 47.8 Å². The maximum Gasteiger partial charge on any atom is 0.290 e. The number of anilines is 2. The van der Waals surface area contributed by atoms with Crippen LogP contribution in [0.4, 0.5) is 11.4 Å². The lowest BCUT2D eigenvalue weighted by molar-refractivity contribution is -0.134. The molecule has 2 atom stereocenters. The first kappa shape index (κ1) is 34.8. The molecule has 0 radical (unpaired) electrons. The minimum atomic E-state index is -0.488. The molecule has 2 saturated heterocycles. The van der Waals surface area contributed by atoms with Crippen molar-refractivity contribution in [3.8, 4) is 0 Å². The zero-order valence-corrected chi connectivity index (χ0v) is 29.5. The highest BCUT2D eigenvalue weighted by molar-refractivity contribution is 6.03. The third-order valence-corrected chi connectivity index (χ3v) is 10.3. The number of carbonyl (C=O) groups excluding carboxylic acids is 4. The molecule has 52 heavy (non-hydrogen) atoms. The van der Waals surface area contributed by atoms with Gasteiger partial charge in [0.25, 0.3) is 5.91 Å². The van der Waals surface area contributed by atoms with Crippen molar-refractivity contribution < 1.29 is 19.2 Å². The smallest absolute Gasteiger partial charge is 0.290 e. The van der Waals surface area contributed by atoms with Crippen LogP contribution in [0.2, 0.25) is 0 Å². The fourth-order valence-corrected chi connectivity index (χ4v) is 7.38. The van der Waals surface area contributed by atoms with Crippen LogP contribution in [0.3, 0.4) is 0 Å². The van der Waals surface area contributed by atoms with Crippen LogP contribution in [-0.2, 0) is 33.4 Å². The molecule has 2 aliphatic heterocycles. The fraction of sp³-hybridized carbons (Fsp3) is 0.395. The molecule has 5 heterocycles. The summed E-state index contributed by atoms with van der Waals surface area (Å²) in [7, 11) is 1.79. The van der Waals surface area contributed by atoms with Crippen LogP contribution in [0.5, 0.6) is 0 Å². The summed E-state index contributed by atoms with van der Waals surface area (Å²) in [5.41, 5.74) is 11.9. The summed E-state index contributed by atoms with van der Waals surface area (Å²) in [5, 5.41) is 18.1. The predicted molar refractivity (Wildman–Crippen MR) is 197 cm³/mol. The van der Waals surface area contributed by atoms with E-state index in [0.29, 0.717) is 49.3 Å². The Labute approximate surface area is 301 Å². The molecule has 2 aromatic carbocycles. The third kappa shape index (κ3) is 7.11. The zero-order valence-electron chi connectivity index (χ0n) is 29.5. The number of piperidine rings is 1. The molecule has 0 aliphatic carbocycles. The van der Waals surface area contributed by atoms with Crippen LogP contribution in [0.15, 0.2) is 60.8 Å². The number of nitrogens with two attached hydrogens (primary N) is 1. The summed E-state index contributed by atoms with van der Waals surface area (Å²) in [5.74, 6) is -1.46. The van der Waals surface area contributed by atoms with E-state index in [1.165, 1.54) is 5.56 Å². The minimum absolute atomic E-state index is 0.0401. The lowest BCUT2D eigenvalue weighted by Crippen LogP contribution is -2.39. The first-order valence-electron chi connectivity index (χ1n) is 17.9. The van der Waals surface area contributed by atoms with Crippen molar-refractivity contribution in [1.29, 1.82) is 0 Å². The summed E-state index contributed by atoms with van der Waals surface area (Å²) in [4.78, 5) is 56.5. The van der Waals surface area contributed by atoms with Gasteiger partial charge in [-0.3, -0.25) is 29.2 Å². The van der Waals surface area contributed by atoms with Crippen LogP contribution in [-0.4, -0.2) is 67.6 Å². The van der Waals surface area contributed by atoms with Gasteiger partial charge in [-0.1, -0.05) is 43.7 Å². The van der Waals surface area contributed by atoms with Gasteiger partial charge in [-0.15, -0.1) is 5.10 Å². The maximum atomic E-state index is 13.0. The van der Waals surface area contributed by atoms with Crippen LogP contribution in [0, 0.1) is 0 Å². The molecule has 0 spiro atoms. The van der Waals surface area contributed by atoms with Crippen molar-refractivity contribution >= 4 is 51.6 Å². The second kappa shape index (κ2) is 14.5. The molecule has 2 aliphatic rings. The molecule has 5 N–H and O–H groups in total. The number of carbonyl (C=O) groups is 4. The molecule has 4 amide bonds. The van der Waals surface area contributed by atoms with Gasteiger partial charge in [0.1, 0.15) is 0 Å². The molecular formula is C38H44N10O4. The number of aryl methyl sites for hydroxylation is 1. The zero-order chi connectivity index (χ0) is 36.4. The van der Waals surface area contributed by atoms with Crippen LogP contribution >= 0.6 is 0 Å². The number of amides is 4. The minimum Gasteiger partial charge on any atom is -0.369 e. The van der Waals surface area contributed by atoms with Gasteiger partial charge in [0.05, 0.1) is 29.0 Å². The summed E-state index contributed by atoms with van der Waals surface area (Å²) < 4.78 is 3.34. The van der Waals surface area contributed by atoms with Gasteiger partial charge in [0, 0.05) is 68.1 Å². The second-order valence-corrected chi connectivity index (χ2v) is 14.1. The molecule has 270 valence electrons. The number of unbranched alkanes of at least 4 members (excludes halogenated alkanes) is 2. The Bertz CT molecular complexity index is 2160. The number of aromatic nitrogens is 5. The van der Waals surface area contributed by atoms with E-state index in [4.69, 9.17) is 5.73 Å². The molecular weight excluding hydrogens is 660 g/mol. The summed E-state index contributed by atoms with van der Waals surface area (Å²) in [6, 6.07) is 18.1. The van der Waals surface area contributed by atoms with E-state index in [1.807, 2.05) is 24.4 Å². The van der Waals surface area contributed by atoms with Gasteiger partial charge in [-0.2, -0.15) is 5.10 Å². The van der Waals surface area contributed by atoms with E-state index in [1.54, 1.807) is 22.3 Å². The van der Waals surface area contributed by atoms with Crippen molar-refractivity contribution in [2.75, 3.05) is 29.9 Å². The van der Waals surface area contributed by atoms with Crippen LogP contribution < -0.4 is 26.6 Å². The van der Waals surface area contributed by atoms with E-state index < -0.39 is 5.92 Å². The maximum absolute atomic E-state index is 13.0. The number of hydrogen-bond acceptors (Lipinski definition) is 9. The van der Waals surface area contributed by atoms with Crippen LogP contribution in [0.25, 0.3) is 16.6 Å². The topological polar surface area (TPSA) is 182 Å². The highest BCUT2D eigenvalue weighted by Gasteiger charge is 2.36. The first-order valence-corrected chi connectivity index (χ1v) is 17.9. The van der Waals surface area contributed by atoms with Crippen molar-refractivity contribution in [3.63, 3.8) is 0 Å². The molecule has 0 bridgehead atoms. The van der Waals surface area contributed by atoms with E-state index in [9.17, 15) is 19.2 Å². The van der Waals surface area contributed by atoms with Crippen molar-refractivity contribution in [3.05, 3.63) is 83.4 Å². The summed E-state index contributed by atoms with van der Waals surface area (Å²) in [6.45, 7) is 4.78. The number of hydrogen-bond donors (Lipinski definition) is 4. The fourth-order valence-electron chi connectivity index (χ4n) is 7.38. The van der Waals surface area contributed by atoms with Gasteiger partial charge >= 0.3 is 0 Å². The lowest BCUT2D eigenvalue weighted by atomic mass is 9.82. The van der Waals surface area contributed by atoms with Gasteiger partial charge < -0.3 is 21.3 Å². The Hall–Kier alpha value is -5.63. The summed E-state index contributed by atoms with van der Waals surface area (Å²) >= 11 is 0. The predicted octanol–water partition coefficient (Wildman–Crippen LogP) is 3.69. The molecule has 1 unspecified atom stereocenters. The lowest BCUT2D eigenvalue weighted by Gasteiger charge is -2.26. The number of pyridine rings is 1. The molecule has 3 aromatic heterocycles. The van der Waals surface area contributed by atoms with Crippen molar-refractivity contribution in [2.24, 2.45) is 12.8 Å². The average molecular weight is 705 g/mol. The van der Waals surface area contributed by atoms with Crippen LogP contribution in [0.1, 0.15) is 85.2 Å². The monoisotopic (exact) mass is 704 g/mol. The average Bonchev–Trinajstić information content (AvgIpc) is 3.85. The largest absolute Gasteiger partial charge is 0.369 e. The number of benzene rings is 2. The highest BCUT2D eigenvalue weighted by Crippen LogP contribution is 2.37. The van der Waals surface area contributed by atoms with Crippen molar-refractivity contribution in [2.45, 2.75) is 69.7 Å². The molecule has 14 nitrogen and oxygen atoms in total. The molecule has 5 aromatic rings. The number of nitrogens with one attached hydrogen (secondary N) is 3. The Morgan fingerprint density at radius 2 is 1.88 bits per heavy atom. The standard InChI is InChI=1S/C38H44N10O4/c1-38(25-9-5-3-6-10-25)16-18-47(23-38)27-19-24(21-39)35-43-34(45-48(35)22-27)37(52)40-17-8-4-7-11-31(49)41-26-12-13-28-30(20-26)46(2)44-33(28)29-14-15-32(50)42-36(29)51/h3,5-6,9-10,12-13,19-20,22,29H,4,7-8,11,14-18,21,23,39H2,1-2H3,(H,40,52)(H,41,49)(H,42,50,51)/t29?,38-/m0/s1. The Kier molecular flexibility index (Phi) is 9.73. The quantitative estimate of drug-likeness (QED) is 0.111. The van der Waals surface area contributed by atoms with E-state index in [2.05, 4.69) is 73.3 Å². The second-order valence-electron chi connectivity index (χ2n) is 14.1. The number of rotatable bonds is 12. The first-order chi connectivity index (χ1) is 25.1. The molecule has 2 fully saturated rings. The van der Waals surface area contributed by atoms with Gasteiger partial charge in [0.2, 0.25) is 23.5 Å². The normalized spacial score (nSPS) is 19.0. The Morgan fingerprint density at radius 1 is 1.06 bits per heavy atom. The van der Waals surface area contributed by atoms with Gasteiger partial charge in [-0.25, -0.2) is 9.50 Å².